The van der Waals surface area contributed by atoms with Gasteiger partial charge in [-0.25, -0.2) is 9.31 Å². The van der Waals surface area contributed by atoms with Gasteiger partial charge in [-0.15, -0.1) is 0 Å². The van der Waals surface area contributed by atoms with Crippen LogP contribution < -0.4 is 5.56 Å². The molecule has 5 rings (SSSR count). The number of hydrogen-bond donors (Lipinski definition) is 1. The van der Waals surface area contributed by atoms with Gasteiger partial charge in [0, 0.05) is 18.0 Å². The van der Waals surface area contributed by atoms with E-state index < -0.39 is 12.1 Å². The van der Waals surface area contributed by atoms with E-state index in [1.807, 2.05) is 60.0 Å². The minimum atomic E-state index is -0.936. The van der Waals surface area contributed by atoms with Crippen LogP contribution in [0, 0.1) is 11.3 Å². The molecular formula is C32H35N5O4. The van der Waals surface area contributed by atoms with Gasteiger partial charge in [-0.1, -0.05) is 62.7 Å². The number of carboxylic acid groups (broad SMARTS) is 1. The average molecular weight is 554 g/mol. The summed E-state index contributed by atoms with van der Waals surface area (Å²) in [5.74, 6) is -0.388. The normalized spacial score (nSPS) is 17.8. The number of nitrogens with zero attached hydrogens (tertiary/aromatic N) is 5. The lowest BCUT2D eigenvalue weighted by molar-refractivity contribution is -0.156. The first kappa shape index (κ1) is 28.2. The maximum atomic E-state index is 14.2. The van der Waals surface area contributed by atoms with Crippen LogP contribution in [-0.2, 0) is 22.4 Å². The predicted octanol–water partition coefficient (Wildman–Crippen LogP) is 5.34. The number of rotatable bonds is 10. The summed E-state index contributed by atoms with van der Waals surface area (Å²) in [5, 5.41) is 23.4. The first-order valence-corrected chi connectivity index (χ1v) is 14.4. The molecule has 1 atom stereocenters. The predicted molar refractivity (Wildman–Crippen MR) is 155 cm³/mol. The number of benzene rings is 2. The van der Waals surface area contributed by atoms with E-state index in [2.05, 4.69) is 23.1 Å². The second kappa shape index (κ2) is 12.5. The Hall–Kier alpha value is -4.29. The van der Waals surface area contributed by atoms with Crippen molar-refractivity contribution in [1.82, 2.24) is 19.2 Å². The van der Waals surface area contributed by atoms with Crippen molar-refractivity contribution in [3.8, 4) is 17.2 Å². The summed E-state index contributed by atoms with van der Waals surface area (Å²) < 4.78 is 9.47. The van der Waals surface area contributed by atoms with Crippen molar-refractivity contribution < 1.29 is 14.6 Å². The number of fused-ring (bicyclic) bond motifs is 1. The highest BCUT2D eigenvalue weighted by Gasteiger charge is 2.30. The molecule has 0 aliphatic heterocycles. The fraction of sp³-hybridized carbons (Fsp3) is 0.406. The Morgan fingerprint density at radius 3 is 2.51 bits per heavy atom. The van der Waals surface area contributed by atoms with Gasteiger partial charge in [0.1, 0.15) is 6.33 Å². The summed E-state index contributed by atoms with van der Waals surface area (Å²) in [5.41, 5.74) is 5.01. The standard InChI is InChI=1S/C32H35N5O4/c1-3-7-28-27(18-21-10-12-22(13-11-21)26-9-6-5-8-23(26)19-33)30(38)36(32-34-20-35-37(28)32)24-14-16-25(17-15-24)41-29(4-2)31(39)40/h5-6,8-13,20,24-25,29H,3-4,7,14-18H2,1-2H3,(H,39,40). The summed E-state index contributed by atoms with van der Waals surface area (Å²) >= 11 is 0. The fourth-order valence-corrected chi connectivity index (χ4v) is 5.92. The van der Waals surface area contributed by atoms with Gasteiger partial charge in [-0.2, -0.15) is 15.3 Å². The van der Waals surface area contributed by atoms with Gasteiger partial charge >= 0.3 is 5.97 Å². The third kappa shape index (κ3) is 5.79. The number of ether oxygens (including phenoxy) is 1. The third-order valence-corrected chi connectivity index (χ3v) is 8.02. The van der Waals surface area contributed by atoms with E-state index in [4.69, 9.17) is 4.74 Å². The van der Waals surface area contributed by atoms with Crippen molar-refractivity contribution in [2.75, 3.05) is 0 Å². The van der Waals surface area contributed by atoms with Gasteiger partial charge in [0.25, 0.3) is 5.56 Å². The summed E-state index contributed by atoms with van der Waals surface area (Å²) in [6, 6.07) is 17.7. The van der Waals surface area contributed by atoms with Crippen LogP contribution in [0.2, 0.25) is 0 Å². The first-order chi connectivity index (χ1) is 19.9. The van der Waals surface area contributed by atoms with Crippen molar-refractivity contribution >= 4 is 11.7 Å². The zero-order chi connectivity index (χ0) is 28.9. The van der Waals surface area contributed by atoms with Gasteiger partial charge < -0.3 is 9.84 Å². The van der Waals surface area contributed by atoms with E-state index >= 15 is 0 Å². The summed E-state index contributed by atoms with van der Waals surface area (Å²) in [4.78, 5) is 30.1. The van der Waals surface area contributed by atoms with Crippen molar-refractivity contribution in [1.29, 1.82) is 5.26 Å². The molecule has 1 fully saturated rings. The smallest absolute Gasteiger partial charge is 0.332 e. The van der Waals surface area contributed by atoms with Crippen molar-refractivity contribution in [3.05, 3.63) is 87.6 Å². The monoisotopic (exact) mass is 553 g/mol. The van der Waals surface area contributed by atoms with Gasteiger partial charge in [0.2, 0.25) is 5.78 Å². The van der Waals surface area contributed by atoms with Crippen LogP contribution in [0.4, 0.5) is 0 Å². The molecule has 212 valence electrons. The van der Waals surface area contributed by atoms with Crippen LogP contribution in [0.5, 0.6) is 0 Å². The molecule has 1 N–H and O–H groups in total. The lowest BCUT2D eigenvalue weighted by Crippen LogP contribution is -2.36. The van der Waals surface area contributed by atoms with Crippen LogP contribution in [0.25, 0.3) is 16.9 Å². The quantitative estimate of drug-likeness (QED) is 0.281. The Bertz CT molecular complexity index is 1620. The Morgan fingerprint density at radius 1 is 1.12 bits per heavy atom. The number of hydrogen-bond acceptors (Lipinski definition) is 6. The van der Waals surface area contributed by atoms with E-state index in [-0.39, 0.29) is 17.7 Å². The lowest BCUT2D eigenvalue weighted by atomic mass is 9.92. The minimum absolute atomic E-state index is 0.0470. The fourth-order valence-electron chi connectivity index (χ4n) is 5.92. The Kier molecular flexibility index (Phi) is 8.60. The third-order valence-electron chi connectivity index (χ3n) is 8.02. The maximum Gasteiger partial charge on any atom is 0.332 e. The molecule has 1 unspecified atom stereocenters. The SMILES string of the molecule is CCCc1c(Cc2ccc(-c3ccccc3C#N)cc2)c(=O)n(C2CCC(OC(CC)C(=O)O)CC2)c2ncnn12. The van der Waals surface area contributed by atoms with Crippen molar-refractivity contribution in [2.45, 2.75) is 83.5 Å². The molecular weight excluding hydrogens is 518 g/mol. The molecule has 4 aromatic rings. The number of carbonyl (C=O) groups is 1. The Labute approximate surface area is 239 Å². The molecule has 41 heavy (non-hydrogen) atoms. The molecule has 2 aromatic carbocycles. The summed E-state index contributed by atoms with van der Waals surface area (Å²) in [6.45, 7) is 3.89. The number of aryl methyl sites for hydroxylation is 1. The van der Waals surface area contributed by atoms with Gasteiger partial charge in [-0.05, 0) is 61.3 Å². The van der Waals surface area contributed by atoms with Crippen LogP contribution >= 0.6 is 0 Å². The molecule has 0 spiro atoms. The lowest BCUT2D eigenvalue weighted by Gasteiger charge is -2.31. The Morgan fingerprint density at radius 2 is 1.85 bits per heavy atom. The van der Waals surface area contributed by atoms with Crippen LogP contribution in [0.1, 0.15) is 80.8 Å². The molecule has 1 aliphatic rings. The summed E-state index contributed by atoms with van der Waals surface area (Å²) in [6.07, 6.45) is 5.75. The van der Waals surface area contributed by atoms with E-state index in [9.17, 15) is 20.0 Å². The minimum Gasteiger partial charge on any atom is -0.479 e. The van der Waals surface area contributed by atoms with Crippen molar-refractivity contribution in [3.63, 3.8) is 0 Å². The molecule has 2 aromatic heterocycles. The molecule has 1 aliphatic carbocycles. The number of nitriles is 1. The number of aromatic nitrogens is 4. The first-order valence-electron chi connectivity index (χ1n) is 14.4. The van der Waals surface area contributed by atoms with Crippen LogP contribution in [0.3, 0.4) is 0 Å². The molecule has 0 radical (unpaired) electrons. The number of carboxylic acids is 1. The highest BCUT2D eigenvalue weighted by Crippen LogP contribution is 2.32. The van der Waals surface area contributed by atoms with Crippen LogP contribution in [0.15, 0.2) is 59.7 Å². The van der Waals surface area contributed by atoms with E-state index in [1.165, 1.54) is 6.33 Å². The topological polar surface area (TPSA) is 123 Å². The molecule has 0 bridgehead atoms. The van der Waals surface area contributed by atoms with Gasteiger partial charge in [0.05, 0.1) is 23.4 Å². The zero-order valence-corrected chi connectivity index (χ0v) is 23.5. The van der Waals surface area contributed by atoms with E-state index in [1.54, 1.807) is 4.57 Å². The molecule has 9 heteroatoms. The highest BCUT2D eigenvalue weighted by atomic mass is 16.5. The van der Waals surface area contributed by atoms with Crippen molar-refractivity contribution in [2.24, 2.45) is 0 Å². The molecule has 1 saturated carbocycles. The second-order valence-corrected chi connectivity index (χ2v) is 10.7. The maximum absolute atomic E-state index is 14.2. The van der Waals surface area contributed by atoms with E-state index in [0.29, 0.717) is 61.9 Å². The molecule has 0 saturated heterocycles. The average Bonchev–Trinajstić information content (AvgIpc) is 3.48. The molecule has 0 amide bonds. The molecule has 9 nitrogen and oxygen atoms in total. The van der Waals surface area contributed by atoms with Gasteiger partial charge in [-0.3, -0.25) is 9.36 Å². The second-order valence-electron chi connectivity index (χ2n) is 10.7. The Balaban J connectivity index is 1.46. The summed E-state index contributed by atoms with van der Waals surface area (Å²) in [7, 11) is 0. The largest absolute Gasteiger partial charge is 0.479 e. The number of aliphatic carboxylic acids is 1. The van der Waals surface area contributed by atoms with Gasteiger partial charge in [0.15, 0.2) is 6.10 Å². The molecule has 2 heterocycles. The van der Waals surface area contributed by atoms with Crippen LogP contribution in [-0.4, -0.2) is 42.4 Å². The zero-order valence-electron chi connectivity index (χ0n) is 23.5. The highest BCUT2D eigenvalue weighted by molar-refractivity contribution is 5.72. The van der Waals surface area contributed by atoms with E-state index in [0.717, 1.165) is 28.8 Å².